The Bertz CT molecular complexity index is 1870. The highest BCUT2D eigenvalue weighted by molar-refractivity contribution is 7.92. The molecule has 0 atom stereocenters. The van der Waals surface area contributed by atoms with Crippen LogP contribution in [0.1, 0.15) is 52.7 Å². The van der Waals surface area contributed by atoms with E-state index < -0.39 is 37.6 Å². The van der Waals surface area contributed by atoms with Crippen molar-refractivity contribution in [2.75, 3.05) is 41.6 Å². The molecule has 4 N–H and O–H groups in total. The molecule has 0 saturated heterocycles. The molecule has 1 aromatic heterocycles. The van der Waals surface area contributed by atoms with Gasteiger partial charge in [0.05, 0.1) is 31.0 Å². The number of rotatable bonds is 12. The molecule has 18 heteroatoms. The van der Waals surface area contributed by atoms with Crippen LogP contribution in [0.2, 0.25) is 0 Å². The molecule has 0 unspecified atom stereocenters. The Morgan fingerprint density at radius 1 is 1.02 bits per heavy atom. The quantitative estimate of drug-likeness (QED) is 0.214. The lowest BCUT2D eigenvalue weighted by Gasteiger charge is -2.29. The van der Waals surface area contributed by atoms with Crippen LogP contribution >= 0.6 is 0 Å². The van der Waals surface area contributed by atoms with E-state index in [1.165, 1.54) is 32.4 Å². The average molecular weight is 714 g/mol. The molecule has 262 valence electrons. The summed E-state index contributed by atoms with van der Waals surface area (Å²) in [6, 6.07) is 9.12. The molecule has 2 aromatic carbocycles. The second-order valence-corrected chi connectivity index (χ2v) is 15.4. The van der Waals surface area contributed by atoms with Crippen LogP contribution in [0.4, 0.5) is 36.3 Å². The molecule has 3 aromatic rings. The third kappa shape index (κ3) is 9.70. The second kappa shape index (κ2) is 14.5. The number of alkyl halides is 3. The van der Waals surface area contributed by atoms with Crippen molar-refractivity contribution in [1.29, 1.82) is 0 Å². The maximum Gasteiger partial charge on any atom is 0.421 e. The summed E-state index contributed by atoms with van der Waals surface area (Å²) in [6.07, 6.45) is 0.322. The van der Waals surface area contributed by atoms with Gasteiger partial charge in [0.2, 0.25) is 26.0 Å². The van der Waals surface area contributed by atoms with Crippen LogP contribution in [-0.4, -0.2) is 71.5 Å². The summed E-state index contributed by atoms with van der Waals surface area (Å²) in [5.41, 5.74) is 0.914. The molecular weight excluding hydrogens is 676 g/mol. The Morgan fingerprint density at radius 3 is 2.29 bits per heavy atom. The summed E-state index contributed by atoms with van der Waals surface area (Å²) in [5, 5.41) is 8.47. The van der Waals surface area contributed by atoms with E-state index in [0.29, 0.717) is 43.1 Å². The molecule has 0 aliphatic heterocycles. The van der Waals surface area contributed by atoms with Gasteiger partial charge >= 0.3 is 6.18 Å². The van der Waals surface area contributed by atoms with Crippen molar-refractivity contribution in [3.05, 3.63) is 64.8 Å². The van der Waals surface area contributed by atoms with Crippen molar-refractivity contribution in [3.63, 3.8) is 0 Å². The average Bonchev–Trinajstić information content (AvgIpc) is 2.99. The van der Waals surface area contributed by atoms with E-state index in [1.54, 1.807) is 25.1 Å². The monoisotopic (exact) mass is 713 g/mol. The Hall–Kier alpha value is -4.16. The van der Waals surface area contributed by atoms with Crippen molar-refractivity contribution in [2.24, 2.45) is 0 Å². The van der Waals surface area contributed by atoms with Crippen LogP contribution in [0.25, 0.3) is 0 Å². The Kier molecular flexibility index (Phi) is 11.1. The first-order valence-corrected chi connectivity index (χ1v) is 18.5. The fourth-order valence-electron chi connectivity index (χ4n) is 5.24. The predicted molar refractivity (Wildman–Crippen MR) is 177 cm³/mol. The van der Waals surface area contributed by atoms with E-state index in [1.807, 2.05) is 0 Å². The first kappa shape index (κ1) is 36.7. The number of nitrogens with zero attached hydrogens (tertiary/aromatic N) is 3. The summed E-state index contributed by atoms with van der Waals surface area (Å²) < 4.78 is 98.2. The summed E-state index contributed by atoms with van der Waals surface area (Å²) in [6.45, 7) is 1.58. The van der Waals surface area contributed by atoms with Gasteiger partial charge in [-0.2, -0.15) is 18.2 Å². The number of methoxy groups -OCH3 is 1. The van der Waals surface area contributed by atoms with Gasteiger partial charge in [0.25, 0.3) is 5.91 Å². The molecule has 1 heterocycles. The first-order chi connectivity index (χ1) is 22.3. The van der Waals surface area contributed by atoms with Gasteiger partial charge in [-0.25, -0.2) is 26.5 Å². The van der Waals surface area contributed by atoms with Gasteiger partial charge in [0.1, 0.15) is 17.1 Å². The summed E-state index contributed by atoms with van der Waals surface area (Å²) >= 11 is 0. The number of sulfonamides is 2. The molecule has 1 aliphatic rings. The summed E-state index contributed by atoms with van der Waals surface area (Å²) in [4.78, 5) is 20.9. The molecule has 0 bridgehead atoms. The third-order valence-corrected chi connectivity index (χ3v) is 9.72. The smallest absolute Gasteiger partial charge is 0.421 e. The topological polar surface area (TPSA) is 172 Å². The fourth-order valence-corrected chi connectivity index (χ4v) is 6.61. The van der Waals surface area contributed by atoms with Crippen LogP contribution < -0.4 is 29.7 Å². The zero-order valence-corrected chi connectivity index (χ0v) is 28.6. The zero-order valence-electron chi connectivity index (χ0n) is 27.0. The number of amides is 1. The number of aryl methyl sites for hydroxylation is 1. The van der Waals surface area contributed by atoms with Crippen LogP contribution in [0.3, 0.4) is 0 Å². The third-order valence-electron chi connectivity index (χ3n) is 7.77. The molecule has 0 spiro atoms. The number of carbonyl (C=O) groups excluding carboxylic acids is 1. The van der Waals surface area contributed by atoms with Gasteiger partial charge < -0.3 is 20.7 Å². The number of benzene rings is 2. The number of aromatic nitrogens is 2. The van der Waals surface area contributed by atoms with Gasteiger partial charge in [-0.05, 0) is 68.0 Å². The van der Waals surface area contributed by atoms with Crippen molar-refractivity contribution in [3.8, 4) is 5.75 Å². The number of halogens is 3. The molecule has 4 rings (SSSR count). The molecular formula is C30H38F3N7O6S2. The Morgan fingerprint density at radius 2 is 1.69 bits per heavy atom. The SMILES string of the molecule is COc1cc(C(=O)NC2CCC(NS(C)(=O)=O)CC2)ccc1Nc1ncc(C(F)(F)F)c(NCc2ccc(C)cc2N(C)S(C)(=O)=O)n1. The lowest BCUT2D eigenvalue weighted by atomic mass is 9.91. The van der Waals surface area contributed by atoms with E-state index in [4.69, 9.17) is 4.74 Å². The van der Waals surface area contributed by atoms with Gasteiger partial charge in [-0.1, -0.05) is 12.1 Å². The van der Waals surface area contributed by atoms with Crippen molar-refractivity contribution >= 4 is 49.1 Å². The van der Waals surface area contributed by atoms with Crippen molar-refractivity contribution in [2.45, 2.75) is 57.4 Å². The van der Waals surface area contributed by atoms with Crippen LogP contribution in [-0.2, 0) is 32.8 Å². The molecule has 1 aliphatic carbocycles. The fraction of sp³-hybridized carbons (Fsp3) is 0.433. The van der Waals surface area contributed by atoms with Crippen LogP contribution in [0, 0.1) is 6.92 Å². The number of carbonyl (C=O) groups is 1. The largest absolute Gasteiger partial charge is 0.495 e. The normalized spacial score (nSPS) is 17.0. The minimum absolute atomic E-state index is 0.145. The maximum atomic E-state index is 13.9. The number of hydrogen-bond acceptors (Lipinski definition) is 10. The molecule has 13 nitrogen and oxygen atoms in total. The minimum Gasteiger partial charge on any atom is -0.495 e. The van der Waals surface area contributed by atoms with E-state index >= 15 is 0 Å². The minimum atomic E-state index is -4.79. The van der Waals surface area contributed by atoms with E-state index in [2.05, 4.69) is 30.6 Å². The van der Waals surface area contributed by atoms with Crippen LogP contribution in [0.5, 0.6) is 5.75 Å². The lowest BCUT2D eigenvalue weighted by Crippen LogP contribution is -2.43. The highest BCUT2D eigenvalue weighted by atomic mass is 32.2. The number of nitrogens with one attached hydrogen (secondary N) is 4. The zero-order chi connectivity index (χ0) is 35.4. The maximum absolute atomic E-state index is 13.9. The standard InChI is InChI=1S/C30H38F3N7O6S2/c1-18-6-7-20(25(14-18)40(2)48(5,44)45)16-34-27-23(30(31,32)33)17-35-29(38-27)37-24-13-8-19(15-26(24)46-3)28(41)36-21-9-11-22(12-10-21)39-47(4,42)43/h6-8,13-15,17,21-22,39H,9-12,16H2,1-5H3,(H,36,41)(H2,34,35,37,38). The van der Waals surface area contributed by atoms with E-state index in [9.17, 15) is 34.8 Å². The highest BCUT2D eigenvalue weighted by Crippen LogP contribution is 2.36. The molecule has 1 saturated carbocycles. The van der Waals surface area contributed by atoms with Gasteiger partial charge in [-0.3, -0.25) is 9.10 Å². The molecule has 48 heavy (non-hydrogen) atoms. The molecule has 0 radical (unpaired) electrons. The first-order valence-electron chi connectivity index (χ1n) is 14.8. The van der Waals surface area contributed by atoms with Gasteiger partial charge in [0, 0.05) is 37.4 Å². The summed E-state index contributed by atoms with van der Waals surface area (Å²) in [5.74, 6) is -0.897. The van der Waals surface area contributed by atoms with E-state index in [-0.39, 0.29) is 47.5 Å². The van der Waals surface area contributed by atoms with Gasteiger partial charge in [0.15, 0.2) is 0 Å². The summed E-state index contributed by atoms with van der Waals surface area (Å²) in [7, 11) is -4.24. The van der Waals surface area contributed by atoms with Crippen LogP contribution in [0.15, 0.2) is 42.6 Å². The highest BCUT2D eigenvalue weighted by Gasteiger charge is 2.35. The van der Waals surface area contributed by atoms with Crippen molar-refractivity contribution in [1.82, 2.24) is 20.0 Å². The Balaban J connectivity index is 1.51. The Labute approximate surface area is 277 Å². The second-order valence-electron chi connectivity index (χ2n) is 11.6. The molecule has 1 fully saturated rings. The number of hydrogen-bond donors (Lipinski definition) is 4. The lowest BCUT2D eigenvalue weighted by molar-refractivity contribution is -0.137. The van der Waals surface area contributed by atoms with E-state index in [0.717, 1.165) is 22.4 Å². The predicted octanol–water partition coefficient (Wildman–Crippen LogP) is 4.15. The van der Waals surface area contributed by atoms with Crippen molar-refractivity contribution < 1.29 is 39.5 Å². The number of anilines is 4. The number of ether oxygens (including phenoxy) is 1. The van der Waals surface area contributed by atoms with Gasteiger partial charge in [-0.15, -0.1) is 0 Å². The molecule has 1 amide bonds.